The standard InChI is InChI=1S/C23H24FN3O3/c1-30-19-4-2-3-17(11-19)12-22(28)26-9-7-16(8-10-26)14-27-15-25-21-13-18(24)5-6-20(21)23(27)29/h2-6,11,13,15-16H,7-10,12,14H2,1H3. The van der Waals surface area contributed by atoms with Crippen molar-refractivity contribution in [1.29, 1.82) is 0 Å². The van der Waals surface area contributed by atoms with Gasteiger partial charge in [0.15, 0.2) is 0 Å². The number of amides is 1. The second kappa shape index (κ2) is 8.65. The summed E-state index contributed by atoms with van der Waals surface area (Å²) < 4.78 is 20.1. The molecule has 1 amide bonds. The molecule has 1 fully saturated rings. The summed E-state index contributed by atoms with van der Waals surface area (Å²) in [6, 6.07) is 11.6. The van der Waals surface area contributed by atoms with Crippen LogP contribution in [0.1, 0.15) is 18.4 Å². The first-order valence-corrected chi connectivity index (χ1v) is 10.1. The van der Waals surface area contributed by atoms with Crippen LogP contribution in [0.5, 0.6) is 5.75 Å². The highest BCUT2D eigenvalue weighted by molar-refractivity contribution is 5.79. The van der Waals surface area contributed by atoms with E-state index in [1.807, 2.05) is 29.2 Å². The van der Waals surface area contributed by atoms with Crippen LogP contribution in [0, 0.1) is 11.7 Å². The first-order valence-electron chi connectivity index (χ1n) is 10.1. The maximum Gasteiger partial charge on any atom is 0.261 e. The number of rotatable bonds is 5. The Balaban J connectivity index is 1.36. The van der Waals surface area contributed by atoms with Gasteiger partial charge in [0.1, 0.15) is 11.6 Å². The number of ether oxygens (including phenoxy) is 1. The topological polar surface area (TPSA) is 64.4 Å². The Labute approximate surface area is 173 Å². The van der Waals surface area contributed by atoms with Crippen molar-refractivity contribution in [2.24, 2.45) is 5.92 Å². The van der Waals surface area contributed by atoms with Gasteiger partial charge in [0, 0.05) is 25.7 Å². The number of methoxy groups -OCH3 is 1. The van der Waals surface area contributed by atoms with E-state index in [9.17, 15) is 14.0 Å². The number of likely N-dealkylation sites (tertiary alicyclic amines) is 1. The van der Waals surface area contributed by atoms with Crippen molar-refractivity contribution in [3.05, 3.63) is 70.5 Å². The van der Waals surface area contributed by atoms with Gasteiger partial charge in [0.25, 0.3) is 5.56 Å². The van der Waals surface area contributed by atoms with Gasteiger partial charge in [-0.05, 0) is 48.6 Å². The third kappa shape index (κ3) is 4.35. The van der Waals surface area contributed by atoms with Crippen molar-refractivity contribution in [1.82, 2.24) is 14.5 Å². The maximum absolute atomic E-state index is 13.3. The van der Waals surface area contributed by atoms with E-state index in [1.54, 1.807) is 11.7 Å². The molecule has 0 N–H and O–H groups in total. The number of piperidine rings is 1. The van der Waals surface area contributed by atoms with Gasteiger partial charge >= 0.3 is 0 Å². The van der Waals surface area contributed by atoms with Gasteiger partial charge in [-0.1, -0.05) is 12.1 Å². The molecule has 30 heavy (non-hydrogen) atoms. The molecule has 2 aromatic carbocycles. The average molecular weight is 409 g/mol. The summed E-state index contributed by atoms with van der Waals surface area (Å²) in [7, 11) is 1.61. The number of fused-ring (bicyclic) bond motifs is 1. The number of carbonyl (C=O) groups excluding carboxylic acids is 1. The number of nitrogens with zero attached hydrogens (tertiary/aromatic N) is 3. The Hall–Kier alpha value is -3.22. The van der Waals surface area contributed by atoms with Crippen LogP contribution in [0.4, 0.5) is 4.39 Å². The largest absolute Gasteiger partial charge is 0.497 e. The molecule has 6 nitrogen and oxygen atoms in total. The predicted molar refractivity (Wildman–Crippen MR) is 112 cm³/mol. The number of halogens is 1. The molecule has 4 rings (SSSR count). The summed E-state index contributed by atoms with van der Waals surface area (Å²) in [4.78, 5) is 31.4. The molecule has 7 heteroatoms. The number of aromatic nitrogens is 2. The Bertz CT molecular complexity index is 1120. The van der Waals surface area contributed by atoms with Crippen LogP contribution in [0.3, 0.4) is 0 Å². The Morgan fingerprint density at radius 3 is 2.77 bits per heavy atom. The van der Waals surface area contributed by atoms with E-state index >= 15 is 0 Å². The van der Waals surface area contributed by atoms with E-state index < -0.39 is 5.82 Å². The number of hydrogen-bond donors (Lipinski definition) is 0. The van der Waals surface area contributed by atoms with Crippen molar-refractivity contribution >= 4 is 16.8 Å². The molecule has 3 aromatic rings. The van der Waals surface area contributed by atoms with E-state index in [2.05, 4.69) is 4.98 Å². The van der Waals surface area contributed by atoms with Gasteiger partial charge in [-0.25, -0.2) is 9.37 Å². The highest BCUT2D eigenvalue weighted by Gasteiger charge is 2.23. The van der Waals surface area contributed by atoms with Gasteiger partial charge in [0.05, 0.1) is 30.8 Å². The smallest absolute Gasteiger partial charge is 0.261 e. The molecule has 0 saturated carbocycles. The van der Waals surface area contributed by atoms with Gasteiger partial charge < -0.3 is 9.64 Å². The third-order valence-electron chi connectivity index (χ3n) is 5.70. The van der Waals surface area contributed by atoms with Gasteiger partial charge in [-0.3, -0.25) is 14.2 Å². The normalized spacial score (nSPS) is 14.8. The van der Waals surface area contributed by atoms with Crippen LogP contribution < -0.4 is 10.3 Å². The second-order valence-electron chi connectivity index (χ2n) is 7.72. The molecule has 0 spiro atoms. The fourth-order valence-electron chi connectivity index (χ4n) is 3.97. The summed E-state index contributed by atoms with van der Waals surface area (Å²) in [5, 5.41) is 0.421. The van der Waals surface area contributed by atoms with Crippen molar-refractivity contribution in [3.63, 3.8) is 0 Å². The maximum atomic E-state index is 13.3. The zero-order chi connectivity index (χ0) is 21.1. The molecule has 0 atom stereocenters. The molecule has 1 aromatic heterocycles. The van der Waals surface area contributed by atoms with E-state index in [-0.39, 0.29) is 11.5 Å². The highest BCUT2D eigenvalue weighted by Crippen LogP contribution is 2.21. The predicted octanol–water partition coefficient (Wildman–Crippen LogP) is 3.03. The Morgan fingerprint density at radius 1 is 1.20 bits per heavy atom. The lowest BCUT2D eigenvalue weighted by Gasteiger charge is -2.32. The fourth-order valence-corrected chi connectivity index (χ4v) is 3.97. The lowest BCUT2D eigenvalue weighted by Crippen LogP contribution is -2.40. The molecule has 1 aliphatic heterocycles. The lowest BCUT2D eigenvalue weighted by molar-refractivity contribution is -0.131. The minimum Gasteiger partial charge on any atom is -0.497 e. The Kier molecular flexibility index (Phi) is 5.79. The Morgan fingerprint density at radius 2 is 2.00 bits per heavy atom. The van der Waals surface area contributed by atoms with Crippen LogP contribution >= 0.6 is 0 Å². The third-order valence-corrected chi connectivity index (χ3v) is 5.70. The molecule has 156 valence electrons. The molecular formula is C23H24FN3O3. The molecule has 1 saturated heterocycles. The molecule has 0 radical (unpaired) electrons. The van der Waals surface area contributed by atoms with Gasteiger partial charge in [-0.15, -0.1) is 0 Å². The molecule has 0 aliphatic carbocycles. The summed E-state index contributed by atoms with van der Waals surface area (Å²) in [5.41, 5.74) is 1.15. The number of carbonyl (C=O) groups is 1. The summed E-state index contributed by atoms with van der Waals surface area (Å²) in [6.45, 7) is 1.90. The van der Waals surface area contributed by atoms with Crippen molar-refractivity contribution in [3.8, 4) is 5.75 Å². The van der Waals surface area contributed by atoms with Crippen molar-refractivity contribution < 1.29 is 13.9 Å². The van der Waals surface area contributed by atoms with E-state index in [1.165, 1.54) is 24.5 Å². The SMILES string of the molecule is COc1cccc(CC(=O)N2CCC(Cn3cnc4cc(F)ccc4c3=O)CC2)c1. The lowest BCUT2D eigenvalue weighted by atomic mass is 9.96. The minimum atomic E-state index is -0.405. The molecule has 1 aliphatic rings. The second-order valence-corrected chi connectivity index (χ2v) is 7.72. The molecule has 0 unspecified atom stereocenters. The fraction of sp³-hybridized carbons (Fsp3) is 0.348. The first-order chi connectivity index (χ1) is 14.5. The molecule has 2 heterocycles. The van der Waals surface area contributed by atoms with Crippen LogP contribution in [-0.2, 0) is 17.8 Å². The van der Waals surface area contributed by atoms with Crippen LogP contribution in [0.25, 0.3) is 10.9 Å². The van der Waals surface area contributed by atoms with Gasteiger partial charge in [0.2, 0.25) is 5.91 Å². The monoisotopic (exact) mass is 409 g/mol. The van der Waals surface area contributed by atoms with Crippen LogP contribution in [0.15, 0.2) is 53.6 Å². The van der Waals surface area contributed by atoms with E-state index in [4.69, 9.17) is 4.74 Å². The minimum absolute atomic E-state index is 0.105. The number of benzene rings is 2. The zero-order valence-corrected chi connectivity index (χ0v) is 16.9. The highest BCUT2D eigenvalue weighted by atomic mass is 19.1. The summed E-state index contributed by atoms with van der Waals surface area (Å²) >= 11 is 0. The van der Waals surface area contributed by atoms with Crippen LogP contribution in [0.2, 0.25) is 0 Å². The van der Waals surface area contributed by atoms with Crippen LogP contribution in [-0.4, -0.2) is 40.6 Å². The first kappa shape index (κ1) is 20.1. The summed E-state index contributed by atoms with van der Waals surface area (Å²) in [5.74, 6) is 0.742. The average Bonchev–Trinajstić information content (AvgIpc) is 2.76. The molecule has 0 bridgehead atoms. The van der Waals surface area contributed by atoms with E-state index in [0.717, 1.165) is 24.2 Å². The zero-order valence-electron chi connectivity index (χ0n) is 16.9. The van der Waals surface area contributed by atoms with E-state index in [0.29, 0.717) is 42.9 Å². The summed E-state index contributed by atoms with van der Waals surface area (Å²) in [6.07, 6.45) is 3.51. The number of hydrogen-bond acceptors (Lipinski definition) is 4. The van der Waals surface area contributed by atoms with Crippen molar-refractivity contribution in [2.45, 2.75) is 25.8 Å². The molecular weight excluding hydrogens is 385 g/mol. The van der Waals surface area contributed by atoms with Crippen molar-refractivity contribution in [2.75, 3.05) is 20.2 Å². The quantitative estimate of drug-likeness (QED) is 0.650. The van der Waals surface area contributed by atoms with Gasteiger partial charge in [-0.2, -0.15) is 0 Å².